The van der Waals surface area contributed by atoms with E-state index in [9.17, 15) is 9.59 Å². The summed E-state index contributed by atoms with van der Waals surface area (Å²) in [5.74, 6) is -0.125. The molecule has 7 heteroatoms. The fourth-order valence-electron chi connectivity index (χ4n) is 3.52. The average molecular weight is 416 g/mol. The van der Waals surface area contributed by atoms with Crippen LogP contribution in [-0.2, 0) is 4.74 Å². The number of rotatable bonds is 5. The highest BCUT2D eigenvalue weighted by atomic mass is 32.1. The van der Waals surface area contributed by atoms with Crippen LogP contribution in [-0.4, -0.2) is 34.7 Å². The molecule has 0 bridgehead atoms. The maximum Gasteiger partial charge on any atom is 0.407 e. The van der Waals surface area contributed by atoms with E-state index in [1.165, 1.54) is 0 Å². The highest BCUT2D eigenvalue weighted by molar-refractivity contribution is 7.13. The van der Waals surface area contributed by atoms with Crippen LogP contribution in [0, 0.1) is 6.92 Å². The van der Waals surface area contributed by atoms with E-state index in [-0.39, 0.29) is 5.91 Å². The van der Waals surface area contributed by atoms with Crippen LogP contribution >= 0.6 is 11.3 Å². The molecule has 6 nitrogen and oxygen atoms in total. The van der Waals surface area contributed by atoms with Gasteiger partial charge < -0.3 is 15.4 Å². The van der Waals surface area contributed by atoms with Crippen molar-refractivity contribution in [1.29, 1.82) is 0 Å². The number of alkyl carbamates (subject to hydrolysis) is 1. The van der Waals surface area contributed by atoms with Crippen LogP contribution in [0.5, 0.6) is 0 Å². The molecule has 1 aliphatic rings. The smallest absolute Gasteiger partial charge is 0.407 e. The summed E-state index contributed by atoms with van der Waals surface area (Å²) < 4.78 is 5.32. The van der Waals surface area contributed by atoms with Crippen LogP contribution < -0.4 is 10.6 Å². The van der Waals surface area contributed by atoms with Crippen molar-refractivity contribution in [3.05, 3.63) is 40.9 Å². The lowest BCUT2D eigenvalue weighted by Crippen LogP contribution is -2.54. The molecule has 1 aromatic heterocycles. The fraction of sp³-hybridized carbons (Fsp3) is 0.500. The van der Waals surface area contributed by atoms with Crippen LogP contribution in [0.2, 0.25) is 0 Å². The third-order valence-electron chi connectivity index (χ3n) is 4.92. The Hall–Kier alpha value is -2.41. The summed E-state index contributed by atoms with van der Waals surface area (Å²) in [6.07, 6.45) is 3.27. The summed E-state index contributed by atoms with van der Waals surface area (Å²) >= 11 is 1.59. The largest absolute Gasteiger partial charge is 0.444 e. The van der Waals surface area contributed by atoms with Crippen molar-refractivity contribution in [3.8, 4) is 10.6 Å². The van der Waals surface area contributed by atoms with Gasteiger partial charge in [0.2, 0.25) is 0 Å². The molecule has 2 aromatic rings. The number of thiazole rings is 1. The van der Waals surface area contributed by atoms with Gasteiger partial charge in [-0.15, -0.1) is 11.3 Å². The first-order chi connectivity index (χ1) is 13.7. The molecule has 0 aliphatic heterocycles. The molecule has 0 atom stereocenters. The number of benzene rings is 1. The molecule has 2 amide bonds. The molecular weight excluding hydrogens is 386 g/mol. The van der Waals surface area contributed by atoms with E-state index in [0.717, 1.165) is 41.9 Å². The Bertz CT molecular complexity index is 862. The zero-order valence-electron chi connectivity index (χ0n) is 17.5. The molecule has 0 unspecified atom stereocenters. The van der Waals surface area contributed by atoms with Gasteiger partial charge in [0.15, 0.2) is 0 Å². The van der Waals surface area contributed by atoms with Crippen molar-refractivity contribution in [3.63, 3.8) is 0 Å². The zero-order valence-corrected chi connectivity index (χ0v) is 18.3. The van der Waals surface area contributed by atoms with E-state index in [1.54, 1.807) is 11.3 Å². The van der Waals surface area contributed by atoms with E-state index in [4.69, 9.17) is 4.74 Å². The summed E-state index contributed by atoms with van der Waals surface area (Å²) in [4.78, 5) is 29.4. The molecule has 0 saturated heterocycles. The number of ether oxygens (including phenoxy) is 1. The van der Waals surface area contributed by atoms with Crippen molar-refractivity contribution >= 4 is 23.3 Å². The van der Waals surface area contributed by atoms with E-state index < -0.39 is 17.2 Å². The molecule has 1 saturated carbocycles. The number of nitrogens with zero attached hydrogens (tertiary/aromatic N) is 1. The molecule has 2 N–H and O–H groups in total. The average Bonchev–Trinajstić information content (AvgIpc) is 3.28. The van der Waals surface area contributed by atoms with Crippen LogP contribution in [0.3, 0.4) is 0 Å². The Morgan fingerprint density at radius 3 is 2.38 bits per heavy atom. The maximum atomic E-state index is 12.9. The molecule has 0 radical (unpaired) electrons. The van der Waals surface area contributed by atoms with E-state index in [2.05, 4.69) is 15.6 Å². The Morgan fingerprint density at radius 1 is 1.17 bits per heavy atom. The molecule has 3 rings (SSSR count). The van der Waals surface area contributed by atoms with Crippen molar-refractivity contribution in [2.75, 3.05) is 6.54 Å². The van der Waals surface area contributed by atoms with E-state index in [0.29, 0.717) is 12.1 Å². The lowest BCUT2D eigenvalue weighted by molar-refractivity contribution is 0.0505. The number of hydrogen-bond acceptors (Lipinski definition) is 5. The first-order valence-electron chi connectivity index (χ1n) is 9.98. The van der Waals surface area contributed by atoms with Gasteiger partial charge in [0.1, 0.15) is 10.6 Å². The molecule has 156 valence electrons. The van der Waals surface area contributed by atoms with Gasteiger partial charge in [-0.3, -0.25) is 4.79 Å². The summed E-state index contributed by atoms with van der Waals surface area (Å²) in [6.45, 7) is 7.82. The van der Waals surface area contributed by atoms with Gasteiger partial charge in [-0.2, -0.15) is 0 Å². The quantitative estimate of drug-likeness (QED) is 0.743. The van der Waals surface area contributed by atoms with E-state index in [1.807, 2.05) is 57.3 Å². The normalized spacial score (nSPS) is 15.7. The second-order valence-corrected chi connectivity index (χ2v) is 9.53. The number of carbonyl (C=O) groups is 2. The standard InChI is InChI=1S/C22H29N3O3S/c1-15-13-29-19(24-15)17-9-7-16(8-10-17)18(26)25-22(11-5-6-12-22)14-23-20(27)28-21(2,3)4/h7-10,13H,5-6,11-12,14H2,1-4H3,(H,23,27)(H,25,26). The first kappa shape index (κ1) is 21.3. The monoisotopic (exact) mass is 415 g/mol. The third-order valence-corrected chi connectivity index (χ3v) is 5.93. The van der Waals surface area contributed by atoms with Crippen molar-refractivity contribution in [1.82, 2.24) is 15.6 Å². The molecule has 29 heavy (non-hydrogen) atoms. The summed E-state index contributed by atoms with van der Waals surface area (Å²) in [5, 5.41) is 8.96. The van der Waals surface area contributed by atoms with Gasteiger partial charge in [0.05, 0.1) is 5.54 Å². The van der Waals surface area contributed by atoms with Crippen LogP contribution in [0.1, 0.15) is 62.5 Å². The fourth-order valence-corrected chi connectivity index (χ4v) is 4.32. The minimum Gasteiger partial charge on any atom is -0.444 e. The van der Waals surface area contributed by atoms with Crippen LogP contribution in [0.15, 0.2) is 29.6 Å². The number of nitrogens with one attached hydrogen (secondary N) is 2. The van der Waals surface area contributed by atoms with Gasteiger partial charge in [-0.25, -0.2) is 9.78 Å². The van der Waals surface area contributed by atoms with Gasteiger partial charge in [0, 0.05) is 28.7 Å². The number of aryl methyl sites for hydroxylation is 1. The van der Waals surface area contributed by atoms with Crippen molar-refractivity contribution in [2.24, 2.45) is 0 Å². The lowest BCUT2D eigenvalue weighted by atomic mass is 9.96. The Balaban J connectivity index is 1.64. The first-order valence-corrected chi connectivity index (χ1v) is 10.9. The Kier molecular flexibility index (Phi) is 6.27. The van der Waals surface area contributed by atoms with Crippen LogP contribution in [0.25, 0.3) is 10.6 Å². The van der Waals surface area contributed by atoms with Gasteiger partial charge in [-0.05, 0) is 52.7 Å². The SMILES string of the molecule is Cc1csc(-c2ccc(C(=O)NC3(CNC(=O)OC(C)(C)C)CCCC3)cc2)n1. The topological polar surface area (TPSA) is 80.3 Å². The summed E-state index contributed by atoms with van der Waals surface area (Å²) in [7, 11) is 0. The Morgan fingerprint density at radius 2 is 1.83 bits per heavy atom. The number of amides is 2. The highest BCUT2D eigenvalue weighted by Crippen LogP contribution is 2.30. The number of aromatic nitrogens is 1. The second-order valence-electron chi connectivity index (χ2n) is 8.67. The predicted molar refractivity (Wildman–Crippen MR) is 115 cm³/mol. The Labute approximate surface area is 176 Å². The molecule has 1 fully saturated rings. The minimum atomic E-state index is -0.548. The predicted octanol–water partition coefficient (Wildman–Crippen LogP) is 4.69. The highest BCUT2D eigenvalue weighted by Gasteiger charge is 2.36. The van der Waals surface area contributed by atoms with Crippen molar-refractivity contribution in [2.45, 2.75) is 64.5 Å². The minimum absolute atomic E-state index is 0.125. The molecule has 1 aromatic carbocycles. The lowest BCUT2D eigenvalue weighted by Gasteiger charge is -2.31. The molecule has 0 spiro atoms. The summed E-state index contributed by atoms with van der Waals surface area (Å²) in [6, 6.07) is 7.50. The van der Waals surface area contributed by atoms with E-state index >= 15 is 0 Å². The van der Waals surface area contributed by atoms with Gasteiger partial charge in [0.25, 0.3) is 5.91 Å². The summed E-state index contributed by atoms with van der Waals surface area (Å²) in [5.41, 5.74) is 1.62. The molecule has 1 aliphatic carbocycles. The van der Waals surface area contributed by atoms with Gasteiger partial charge >= 0.3 is 6.09 Å². The maximum absolute atomic E-state index is 12.9. The van der Waals surface area contributed by atoms with Crippen LogP contribution in [0.4, 0.5) is 4.79 Å². The third kappa shape index (κ3) is 5.79. The molecular formula is C22H29N3O3S. The number of carbonyl (C=O) groups excluding carboxylic acids is 2. The zero-order chi connectivity index (χ0) is 21.1. The molecule has 1 heterocycles. The number of hydrogen-bond donors (Lipinski definition) is 2. The van der Waals surface area contributed by atoms with Gasteiger partial charge in [-0.1, -0.05) is 25.0 Å². The van der Waals surface area contributed by atoms with Crippen molar-refractivity contribution < 1.29 is 14.3 Å². The second kappa shape index (κ2) is 8.53.